The number of amides is 1. The summed E-state index contributed by atoms with van der Waals surface area (Å²) in [5.41, 5.74) is -0.0481. The second-order valence-corrected chi connectivity index (χ2v) is 6.56. The molecule has 1 fully saturated rings. The summed E-state index contributed by atoms with van der Waals surface area (Å²) in [4.78, 5) is 14.7. The Morgan fingerprint density at radius 2 is 2.18 bits per heavy atom. The van der Waals surface area contributed by atoms with Crippen molar-refractivity contribution in [2.24, 2.45) is 5.92 Å². The molecule has 5 heteroatoms. The van der Waals surface area contributed by atoms with E-state index >= 15 is 0 Å². The van der Waals surface area contributed by atoms with E-state index in [0.29, 0.717) is 11.3 Å². The molecule has 122 valence electrons. The molecule has 1 aromatic rings. The topological polar surface area (TPSA) is 41.6 Å². The summed E-state index contributed by atoms with van der Waals surface area (Å²) in [5, 5.41) is 3.05. The largest absolute Gasteiger partial charge is 0.496 e. The smallest absolute Gasteiger partial charge is 0.225 e. The summed E-state index contributed by atoms with van der Waals surface area (Å²) in [6, 6.07) is 4.37. The Morgan fingerprint density at radius 3 is 2.82 bits per heavy atom. The van der Waals surface area contributed by atoms with Gasteiger partial charge in [0.2, 0.25) is 5.91 Å². The minimum Gasteiger partial charge on any atom is -0.496 e. The third-order valence-corrected chi connectivity index (χ3v) is 4.27. The Hall–Kier alpha value is -1.62. The van der Waals surface area contributed by atoms with Crippen LogP contribution in [0.3, 0.4) is 0 Å². The molecule has 1 atom stereocenters. The average Bonchev–Trinajstić information content (AvgIpc) is 2.46. The Bertz CT molecular complexity index is 545. The van der Waals surface area contributed by atoms with E-state index in [2.05, 4.69) is 10.2 Å². The van der Waals surface area contributed by atoms with Gasteiger partial charge in [0.05, 0.1) is 18.6 Å². The van der Waals surface area contributed by atoms with Gasteiger partial charge in [-0.15, -0.1) is 0 Å². The molecule has 0 saturated carbocycles. The van der Waals surface area contributed by atoms with Crippen LogP contribution in [0.4, 0.5) is 4.39 Å². The molecule has 0 aromatic heterocycles. The van der Waals surface area contributed by atoms with Crippen molar-refractivity contribution in [2.75, 3.05) is 27.2 Å². The normalized spacial score (nSPS) is 19.8. The predicted molar refractivity (Wildman–Crippen MR) is 84.3 cm³/mol. The lowest BCUT2D eigenvalue weighted by atomic mass is 9.90. The zero-order chi connectivity index (χ0) is 16.3. The summed E-state index contributed by atoms with van der Waals surface area (Å²) in [7, 11) is 3.57. The van der Waals surface area contributed by atoms with E-state index in [1.165, 1.54) is 12.1 Å². The van der Waals surface area contributed by atoms with E-state index in [0.717, 1.165) is 25.9 Å². The first kappa shape index (κ1) is 16.7. The predicted octanol–water partition coefficient (Wildman–Crippen LogP) is 2.53. The van der Waals surface area contributed by atoms with Gasteiger partial charge in [-0.05, 0) is 58.5 Å². The number of benzene rings is 1. The molecule has 1 heterocycles. The molecule has 1 N–H and O–H groups in total. The van der Waals surface area contributed by atoms with Crippen molar-refractivity contribution in [2.45, 2.75) is 32.2 Å². The third kappa shape index (κ3) is 3.77. The van der Waals surface area contributed by atoms with E-state index in [1.807, 2.05) is 20.9 Å². The molecule has 0 radical (unpaired) electrons. The first-order valence-electron chi connectivity index (χ1n) is 7.68. The Kier molecular flexibility index (Phi) is 5.06. The molecule has 0 spiro atoms. The van der Waals surface area contributed by atoms with Crippen LogP contribution in [0, 0.1) is 11.7 Å². The highest BCUT2D eigenvalue weighted by Crippen LogP contribution is 2.31. The number of carbonyl (C=O) groups excluding carboxylic acids is 1. The number of carbonyl (C=O) groups is 1. The Labute approximate surface area is 131 Å². The molecule has 1 saturated heterocycles. The van der Waals surface area contributed by atoms with Crippen LogP contribution < -0.4 is 10.1 Å². The molecule has 1 aromatic carbocycles. The van der Waals surface area contributed by atoms with Crippen LogP contribution in [0.2, 0.25) is 0 Å². The maximum Gasteiger partial charge on any atom is 0.225 e. The maximum atomic E-state index is 13.6. The summed E-state index contributed by atoms with van der Waals surface area (Å²) in [6.45, 7) is 5.54. The van der Waals surface area contributed by atoms with E-state index in [9.17, 15) is 9.18 Å². The quantitative estimate of drug-likeness (QED) is 0.929. The van der Waals surface area contributed by atoms with Gasteiger partial charge in [-0.1, -0.05) is 0 Å². The molecule has 1 aliphatic heterocycles. The van der Waals surface area contributed by atoms with Crippen LogP contribution >= 0.6 is 0 Å². The van der Waals surface area contributed by atoms with Crippen molar-refractivity contribution in [3.63, 3.8) is 0 Å². The molecular formula is C17H25FN2O2. The zero-order valence-corrected chi connectivity index (χ0v) is 13.8. The van der Waals surface area contributed by atoms with Gasteiger partial charge in [0.15, 0.2) is 0 Å². The minimum atomic E-state index is -0.694. The van der Waals surface area contributed by atoms with Crippen molar-refractivity contribution in [3.05, 3.63) is 29.6 Å². The number of hydrogen-bond acceptors (Lipinski definition) is 3. The molecule has 0 bridgehead atoms. The van der Waals surface area contributed by atoms with Crippen molar-refractivity contribution < 1.29 is 13.9 Å². The van der Waals surface area contributed by atoms with Crippen LogP contribution in [-0.2, 0) is 10.3 Å². The summed E-state index contributed by atoms with van der Waals surface area (Å²) < 4.78 is 18.9. The van der Waals surface area contributed by atoms with E-state index in [-0.39, 0.29) is 17.6 Å². The number of halogens is 1. The highest BCUT2D eigenvalue weighted by Gasteiger charge is 2.31. The first-order valence-corrected chi connectivity index (χ1v) is 7.68. The van der Waals surface area contributed by atoms with Gasteiger partial charge in [0.1, 0.15) is 11.6 Å². The molecule has 1 unspecified atom stereocenters. The standard InChI is InChI=1S/C17H25FN2O2/c1-17(2,14-10-13(18)7-8-15(14)22-4)19-16(21)12-6-5-9-20(3)11-12/h7-8,10,12H,5-6,9,11H2,1-4H3,(H,19,21). The average molecular weight is 308 g/mol. The van der Waals surface area contributed by atoms with Crippen molar-refractivity contribution in [3.8, 4) is 5.75 Å². The van der Waals surface area contributed by atoms with Gasteiger partial charge in [0, 0.05) is 12.1 Å². The lowest BCUT2D eigenvalue weighted by molar-refractivity contribution is -0.128. The zero-order valence-electron chi connectivity index (χ0n) is 13.8. The Balaban J connectivity index is 2.16. The van der Waals surface area contributed by atoms with Crippen LogP contribution in [0.15, 0.2) is 18.2 Å². The first-order chi connectivity index (χ1) is 10.3. The number of likely N-dealkylation sites (tertiary alicyclic amines) is 1. The Morgan fingerprint density at radius 1 is 1.45 bits per heavy atom. The lowest BCUT2D eigenvalue weighted by Gasteiger charge is -2.33. The number of nitrogens with zero attached hydrogens (tertiary/aromatic N) is 1. The maximum absolute atomic E-state index is 13.6. The van der Waals surface area contributed by atoms with Gasteiger partial charge in [-0.25, -0.2) is 4.39 Å². The van der Waals surface area contributed by atoms with Crippen LogP contribution in [0.25, 0.3) is 0 Å². The number of nitrogens with one attached hydrogen (secondary N) is 1. The summed E-state index contributed by atoms with van der Waals surface area (Å²) >= 11 is 0. The lowest BCUT2D eigenvalue weighted by Crippen LogP contribution is -2.48. The van der Waals surface area contributed by atoms with Crippen molar-refractivity contribution in [1.82, 2.24) is 10.2 Å². The van der Waals surface area contributed by atoms with Crippen LogP contribution in [0.5, 0.6) is 5.75 Å². The fourth-order valence-corrected chi connectivity index (χ4v) is 3.03. The highest BCUT2D eigenvalue weighted by atomic mass is 19.1. The number of rotatable bonds is 4. The minimum absolute atomic E-state index is 0.0161. The second kappa shape index (κ2) is 6.65. The van der Waals surface area contributed by atoms with Gasteiger partial charge in [-0.2, -0.15) is 0 Å². The third-order valence-electron chi connectivity index (χ3n) is 4.27. The number of methoxy groups -OCH3 is 1. The van der Waals surface area contributed by atoms with Gasteiger partial charge < -0.3 is 15.0 Å². The van der Waals surface area contributed by atoms with E-state index in [4.69, 9.17) is 4.74 Å². The van der Waals surface area contributed by atoms with E-state index in [1.54, 1.807) is 13.2 Å². The number of hydrogen-bond donors (Lipinski definition) is 1. The molecule has 1 amide bonds. The van der Waals surface area contributed by atoms with Crippen molar-refractivity contribution >= 4 is 5.91 Å². The summed E-state index contributed by atoms with van der Waals surface area (Å²) in [5.74, 6) is 0.239. The molecular weight excluding hydrogens is 283 g/mol. The fraction of sp³-hybridized carbons (Fsp3) is 0.588. The highest BCUT2D eigenvalue weighted by molar-refractivity contribution is 5.80. The second-order valence-electron chi connectivity index (χ2n) is 6.56. The van der Waals surface area contributed by atoms with Crippen LogP contribution in [-0.4, -0.2) is 38.1 Å². The number of ether oxygens (including phenoxy) is 1. The van der Waals surface area contributed by atoms with Gasteiger partial charge in [0.25, 0.3) is 0 Å². The molecule has 4 nitrogen and oxygen atoms in total. The van der Waals surface area contributed by atoms with E-state index < -0.39 is 5.54 Å². The molecule has 0 aliphatic carbocycles. The van der Waals surface area contributed by atoms with Crippen LogP contribution in [0.1, 0.15) is 32.3 Å². The molecule has 2 rings (SSSR count). The fourth-order valence-electron chi connectivity index (χ4n) is 3.03. The molecule has 22 heavy (non-hydrogen) atoms. The SMILES string of the molecule is COc1ccc(F)cc1C(C)(C)NC(=O)C1CCCN(C)C1. The van der Waals surface area contributed by atoms with Gasteiger partial charge >= 0.3 is 0 Å². The summed E-state index contributed by atoms with van der Waals surface area (Å²) in [6.07, 6.45) is 1.92. The number of piperidine rings is 1. The molecule has 1 aliphatic rings. The monoisotopic (exact) mass is 308 g/mol. The van der Waals surface area contributed by atoms with Gasteiger partial charge in [-0.3, -0.25) is 4.79 Å². The van der Waals surface area contributed by atoms with Crippen molar-refractivity contribution in [1.29, 1.82) is 0 Å².